The van der Waals surface area contributed by atoms with Crippen molar-refractivity contribution >= 4 is 34.9 Å². The van der Waals surface area contributed by atoms with E-state index in [4.69, 9.17) is 47.5 Å². The van der Waals surface area contributed by atoms with Crippen LogP contribution in [0.2, 0.25) is 10.0 Å². The number of ketones is 1. The number of halogens is 2. The average molecular weight is 501 g/mol. The Bertz CT molecular complexity index is 1310. The van der Waals surface area contributed by atoms with Crippen molar-refractivity contribution in [2.75, 3.05) is 26.6 Å². The van der Waals surface area contributed by atoms with Crippen LogP contribution < -0.4 is 19.5 Å². The van der Waals surface area contributed by atoms with Crippen molar-refractivity contribution in [3.63, 3.8) is 0 Å². The molecule has 1 atom stereocenters. The van der Waals surface area contributed by atoms with Crippen LogP contribution in [-0.2, 0) is 4.79 Å². The lowest BCUT2D eigenvalue weighted by Crippen LogP contribution is -2.31. The number of nitrogens with zero attached hydrogens (tertiary/aromatic N) is 3. The molecule has 2 aromatic carbocycles. The van der Waals surface area contributed by atoms with E-state index in [-0.39, 0.29) is 5.78 Å². The Hall–Kier alpha value is -3.23. The molecule has 1 aliphatic carbocycles. The Morgan fingerprint density at radius 2 is 1.76 bits per heavy atom. The molecule has 0 saturated carbocycles. The lowest BCUT2D eigenvalue weighted by molar-refractivity contribution is -0.116. The van der Waals surface area contributed by atoms with Crippen LogP contribution >= 0.6 is 23.2 Å². The molecule has 0 fully saturated rings. The molecule has 1 aromatic heterocycles. The summed E-state index contributed by atoms with van der Waals surface area (Å²) in [5.41, 5.74) is 2.91. The van der Waals surface area contributed by atoms with Crippen molar-refractivity contribution in [1.82, 2.24) is 14.8 Å². The van der Waals surface area contributed by atoms with E-state index < -0.39 is 6.04 Å². The fourth-order valence-electron chi connectivity index (χ4n) is 4.50. The van der Waals surface area contributed by atoms with Crippen molar-refractivity contribution in [2.24, 2.45) is 0 Å². The van der Waals surface area contributed by atoms with E-state index in [0.29, 0.717) is 56.6 Å². The van der Waals surface area contributed by atoms with Gasteiger partial charge in [-0.2, -0.15) is 4.98 Å². The first-order valence-corrected chi connectivity index (χ1v) is 11.5. The molecule has 5 rings (SSSR count). The van der Waals surface area contributed by atoms with Crippen LogP contribution in [0.1, 0.15) is 30.9 Å². The van der Waals surface area contributed by atoms with Crippen LogP contribution in [0, 0.1) is 0 Å². The van der Waals surface area contributed by atoms with E-state index in [1.165, 1.54) is 0 Å². The third kappa shape index (κ3) is 3.67. The quantitative estimate of drug-likeness (QED) is 0.508. The predicted molar refractivity (Wildman–Crippen MR) is 129 cm³/mol. The van der Waals surface area contributed by atoms with Gasteiger partial charge in [-0.25, -0.2) is 4.68 Å². The van der Waals surface area contributed by atoms with Gasteiger partial charge in [0.05, 0.1) is 21.3 Å². The lowest BCUT2D eigenvalue weighted by Gasteiger charge is -2.32. The fourth-order valence-corrected chi connectivity index (χ4v) is 5.01. The molecule has 2 aliphatic rings. The van der Waals surface area contributed by atoms with E-state index in [1.807, 2.05) is 6.07 Å². The SMILES string of the molecule is COc1cc(-c2nc3n(n2)C(c2ccc(Cl)cc2Cl)C2=C(CCCC2=O)N3)cc(OC)c1OC. The largest absolute Gasteiger partial charge is 0.493 e. The van der Waals surface area contributed by atoms with Gasteiger partial charge in [0, 0.05) is 38.9 Å². The van der Waals surface area contributed by atoms with E-state index in [0.717, 1.165) is 24.1 Å². The fraction of sp³-hybridized carbons (Fsp3) is 0.292. The molecular weight excluding hydrogens is 479 g/mol. The highest BCUT2D eigenvalue weighted by atomic mass is 35.5. The molecule has 0 spiro atoms. The molecule has 34 heavy (non-hydrogen) atoms. The Kier molecular flexibility index (Phi) is 5.87. The first-order chi connectivity index (χ1) is 16.4. The molecule has 1 aliphatic heterocycles. The minimum Gasteiger partial charge on any atom is -0.493 e. The summed E-state index contributed by atoms with van der Waals surface area (Å²) in [7, 11) is 4.65. The molecule has 2 heterocycles. The van der Waals surface area contributed by atoms with E-state index >= 15 is 0 Å². The second kappa shape index (κ2) is 8.85. The van der Waals surface area contributed by atoms with Crippen molar-refractivity contribution < 1.29 is 19.0 Å². The minimum atomic E-state index is -0.521. The highest BCUT2D eigenvalue weighted by Gasteiger charge is 2.38. The number of carbonyl (C=O) groups is 1. The van der Waals surface area contributed by atoms with Gasteiger partial charge in [-0.05, 0) is 37.1 Å². The van der Waals surface area contributed by atoms with Crippen molar-refractivity contribution in [3.05, 3.63) is 57.2 Å². The Labute approximate surface area is 206 Å². The average Bonchev–Trinajstić information content (AvgIpc) is 3.26. The number of Topliss-reactive ketones (excluding diaryl/α,β-unsaturated/α-hetero) is 1. The summed E-state index contributed by atoms with van der Waals surface area (Å²) in [6.45, 7) is 0. The number of methoxy groups -OCH3 is 3. The van der Waals surface area contributed by atoms with Gasteiger partial charge in [0.15, 0.2) is 23.1 Å². The highest BCUT2D eigenvalue weighted by Crippen LogP contribution is 2.44. The van der Waals surface area contributed by atoms with E-state index in [9.17, 15) is 4.79 Å². The highest BCUT2D eigenvalue weighted by molar-refractivity contribution is 6.35. The number of aromatic nitrogens is 3. The summed E-state index contributed by atoms with van der Waals surface area (Å²) in [5.74, 6) is 2.48. The number of benzene rings is 2. The van der Waals surface area contributed by atoms with Gasteiger partial charge in [-0.3, -0.25) is 4.79 Å². The first kappa shape index (κ1) is 22.6. The topological polar surface area (TPSA) is 87.5 Å². The normalized spacial score (nSPS) is 17.1. The second-order valence-electron chi connectivity index (χ2n) is 7.98. The number of hydrogen-bond donors (Lipinski definition) is 1. The minimum absolute atomic E-state index is 0.0697. The van der Waals surface area contributed by atoms with Crippen LogP contribution in [0.4, 0.5) is 5.95 Å². The molecule has 3 aromatic rings. The maximum atomic E-state index is 13.0. The Balaban J connectivity index is 1.68. The number of fused-ring (bicyclic) bond motifs is 1. The molecule has 0 radical (unpaired) electrons. The number of allylic oxidation sites excluding steroid dienone is 2. The molecule has 176 valence electrons. The van der Waals surface area contributed by atoms with Crippen LogP contribution in [0.3, 0.4) is 0 Å². The van der Waals surface area contributed by atoms with Gasteiger partial charge in [-0.15, -0.1) is 5.10 Å². The number of nitrogens with one attached hydrogen (secondary N) is 1. The van der Waals surface area contributed by atoms with E-state index in [1.54, 1.807) is 50.3 Å². The van der Waals surface area contributed by atoms with Crippen LogP contribution in [0.15, 0.2) is 41.6 Å². The third-order valence-corrected chi connectivity index (χ3v) is 6.61. The first-order valence-electron chi connectivity index (χ1n) is 10.7. The maximum absolute atomic E-state index is 13.0. The number of hydrogen-bond acceptors (Lipinski definition) is 7. The monoisotopic (exact) mass is 500 g/mol. The molecule has 0 saturated heterocycles. The zero-order valence-corrected chi connectivity index (χ0v) is 20.3. The molecule has 1 N–H and O–H groups in total. The lowest BCUT2D eigenvalue weighted by atomic mass is 9.85. The van der Waals surface area contributed by atoms with Crippen molar-refractivity contribution in [2.45, 2.75) is 25.3 Å². The van der Waals surface area contributed by atoms with Gasteiger partial charge >= 0.3 is 0 Å². The van der Waals surface area contributed by atoms with Crippen molar-refractivity contribution in [3.8, 4) is 28.6 Å². The summed E-state index contributed by atoms with van der Waals surface area (Å²) < 4.78 is 18.1. The summed E-state index contributed by atoms with van der Waals surface area (Å²) in [4.78, 5) is 17.8. The number of carbonyl (C=O) groups excluding carboxylic acids is 1. The Morgan fingerprint density at radius 3 is 2.41 bits per heavy atom. The van der Waals surface area contributed by atoms with Crippen molar-refractivity contribution in [1.29, 1.82) is 0 Å². The third-order valence-electron chi connectivity index (χ3n) is 6.05. The Morgan fingerprint density at radius 1 is 1.03 bits per heavy atom. The molecular formula is C24H22Cl2N4O4. The van der Waals surface area contributed by atoms with Crippen LogP contribution in [0.25, 0.3) is 11.4 Å². The summed E-state index contributed by atoms with van der Waals surface area (Å²) in [6.07, 6.45) is 2.00. The second-order valence-corrected chi connectivity index (χ2v) is 8.82. The van der Waals surface area contributed by atoms with Crippen LogP contribution in [0.5, 0.6) is 17.2 Å². The summed E-state index contributed by atoms with van der Waals surface area (Å²) in [6, 6.07) is 8.31. The zero-order valence-electron chi connectivity index (χ0n) is 18.8. The number of ether oxygens (including phenoxy) is 3. The predicted octanol–water partition coefficient (Wildman–Crippen LogP) is 5.30. The summed E-state index contributed by atoms with van der Waals surface area (Å²) >= 11 is 12.7. The molecule has 8 nitrogen and oxygen atoms in total. The zero-order chi connectivity index (χ0) is 24.0. The molecule has 10 heteroatoms. The smallest absolute Gasteiger partial charge is 0.226 e. The van der Waals surface area contributed by atoms with Gasteiger partial charge < -0.3 is 19.5 Å². The van der Waals surface area contributed by atoms with Gasteiger partial charge in [-0.1, -0.05) is 29.3 Å². The standard InChI is InChI=1S/C24H22Cl2N4O4/c1-32-18-9-12(10-19(33-2)22(18)34-3)23-28-24-27-16-5-4-6-17(31)20(16)21(30(24)29-23)14-8-7-13(25)11-15(14)26/h7-11,21H,4-6H2,1-3H3,(H,27,28,29). The number of anilines is 1. The van der Waals surface area contributed by atoms with Crippen LogP contribution in [-0.4, -0.2) is 41.9 Å². The number of rotatable bonds is 5. The molecule has 0 amide bonds. The van der Waals surface area contributed by atoms with Gasteiger partial charge in [0.1, 0.15) is 6.04 Å². The van der Waals surface area contributed by atoms with Gasteiger partial charge in [0.25, 0.3) is 0 Å². The molecule has 0 bridgehead atoms. The van der Waals surface area contributed by atoms with E-state index in [2.05, 4.69) is 5.32 Å². The molecule has 1 unspecified atom stereocenters. The van der Waals surface area contributed by atoms with Gasteiger partial charge in [0.2, 0.25) is 11.7 Å². The maximum Gasteiger partial charge on any atom is 0.226 e. The summed E-state index contributed by atoms with van der Waals surface area (Å²) in [5, 5.41) is 9.09.